The topological polar surface area (TPSA) is 107 Å². The summed E-state index contributed by atoms with van der Waals surface area (Å²) in [5.41, 5.74) is 3.96. The van der Waals surface area contributed by atoms with E-state index in [1.54, 1.807) is 18.2 Å². The van der Waals surface area contributed by atoms with Gasteiger partial charge in [-0.05, 0) is 51.3 Å². The van der Waals surface area contributed by atoms with Crippen LogP contribution in [0.3, 0.4) is 0 Å². The van der Waals surface area contributed by atoms with Crippen molar-refractivity contribution in [2.45, 2.75) is 6.61 Å². The van der Waals surface area contributed by atoms with E-state index >= 15 is 0 Å². The zero-order valence-corrected chi connectivity index (χ0v) is 16.6. The zero-order valence-electron chi connectivity index (χ0n) is 15.0. The highest BCUT2D eigenvalue weighted by atomic mass is 79.9. The Morgan fingerprint density at radius 3 is 2.66 bits per heavy atom. The predicted octanol–water partition coefficient (Wildman–Crippen LogP) is 4.10. The predicted molar refractivity (Wildman–Crippen MR) is 111 cm³/mol. The van der Waals surface area contributed by atoms with E-state index in [9.17, 15) is 14.9 Å². The zero-order chi connectivity index (χ0) is 20.6. The number of hydrazone groups is 1. The van der Waals surface area contributed by atoms with E-state index < -0.39 is 10.8 Å². The highest BCUT2D eigenvalue weighted by Gasteiger charge is 2.10. The number of benzene rings is 2. The molecule has 1 aromatic heterocycles. The molecule has 0 aliphatic carbocycles. The summed E-state index contributed by atoms with van der Waals surface area (Å²) in [6.45, 7) is 0.450. The van der Waals surface area contributed by atoms with E-state index in [1.165, 1.54) is 18.3 Å². The van der Waals surface area contributed by atoms with Gasteiger partial charge in [0.25, 0.3) is 11.6 Å². The SMILES string of the molecule is O=C(NN=Cc1ccc(OCc2ccccc2)c(Br)c1)c1ccc([N+](=O)[O-])cn1. The molecule has 0 atom stereocenters. The number of ether oxygens (including phenoxy) is 1. The van der Waals surface area contributed by atoms with Crippen molar-refractivity contribution in [2.75, 3.05) is 0 Å². The number of carbonyl (C=O) groups excluding carboxylic acids is 1. The number of rotatable bonds is 7. The molecule has 0 unspecified atom stereocenters. The molecule has 0 saturated heterocycles. The maximum Gasteiger partial charge on any atom is 0.289 e. The van der Waals surface area contributed by atoms with Crippen molar-refractivity contribution in [1.82, 2.24) is 10.4 Å². The monoisotopic (exact) mass is 454 g/mol. The summed E-state index contributed by atoms with van der Waals surface area (Å²) in [7, 11) is 0. The summed E-state index contributed by atoms with van der Waals surface area (Å²) < 4.78 is 6.54. The van der Waals surface area contributed by atoms with Gasteiger partial charge in [-0.3, -0.25) is 14.9 Å². The van der Waals surface area contributed by atoms with Gasteiger partial charge in [0.1, 0.15) is 24.2 Å². The number of pyridine rings is 1. The number of carbonyl (C=O) groups is 1. The van der Waals surface area contributed by atoms with Crippen LogP contribution in [0.15, 0.2) is 76.4 Å². The molecule has 0 radical (unpaired) electrons. The van der Waals surface area contributed by atoms with Crippen LogP contribution in [0.4, 0.5) is 5.69 Å². The highest BCUT2D eigenvalue weighted by Crippen LogP contribution is 2.26. The first-order valence-corrected chi connectivity index (χ1v) is 9.22. The van der Waals surface area contributed by atoms with Gasteiger partial charge >= 0.3 is 0 Å². The standard InChI is InChI=1S/C20H15BrN4O4/c21-17-10-15(6-9-19(17)29-13-14-4-2-1-3-5-14)11-23-24-20(26)18-8-7-16(12-22-18)25(27)28/h1-12H,13H2,(H,24,26). The van der Waals surface area contributed by atoms with Crippen LogP contribution < -0.4 is 10.2 Å². The van der Waals surface area contributed by atoms with Crippen molar-refractivity contribution < 1.29 is 14.5 Å². The van der Waals surface area contributed by atoms with Crippen molar-refractivity contribution in [3.05, 3.63) is 98.3 Å². The molecule has 0 spiro atoms. The van der Waals surface area contributed by atoms with E-state index in [0.29, 0.717) is 12.4 Å². The molecule has 3 aromatic rings. The molecular formula is C20H15BrN4O4. The lowest BCUT2D eigenvalue weighted by Gasteiger charge is -2.08. The molecule has 0 fully saturated rings. The molecular weight excluding hydrogens is 440 g/mol. The van der Waals surface area contributed by atoms with Crippen LogP contribution in [-0.2, 0) is 6.61 Å². The average Bonchev–Trinajstić information content (AvgIpc) is 2.74. The van der Waals surface area contributed by atoms with Gasteiger partial charge in [-0.25, -0.2) is 10.4 Å². The van der Waals surface area contributed by atoms with Crippen LogP contribution in [-0.4, -0.2) is 22.0 Å². The van der Waals surface area contributed by atoms with Crippen molar-refractivity contribution in [3.8, 4) is 5.75 Å². The fourth-order valence-electron chi connectivity index (χ4n) is 2.30. The third kappa shape index (κ3) is 5.69. The summed E-state index contributed by atoms with van der Waals surface area (Å²) in [6, 6.07) is 17.7. The third-order valence-corrected chi connectivity index (χ3v) is 4.38. The van der Waals surface area contributed by atoms with Gasteiger partial charge in [0.05, 0.1) is 15.6 Å². The summed E-state index contributed by atoms with van der Waals surface area (Å²) in [5, 5.41) is 14.5. The Morgan fingerprint density at radius 2 is 2.00 bits per heavy atom. The fraction of sp³-hybridized carbons (Fsp3) is 0.0500. The number of nitro groups is 1. The Morgan fingerprint density at radius 1 is 1.21 bits per heavy atom. The summed E-state index contributed by atoms with van der Waals surface area (Å²) in [4.78, 5) is 25.7. The molecule has 0 aliphatic heterocycles. The fourth-order valence-corrected chi connectivity index (χ4v) is 2.81. The van der Waals surface area contributed by atoms with Crippen molar-refractivity contribution in [2.24, 2.45) is 5.10 Å². The van der Waals surface area contributed by atoms with E-state index in [1.807, 2.05) is 30.3 Å². The highest BCUT2D eigenvalue weighted by molar-refractivity contribution is 9.10. The lowest BCUT2D eigenvalue weighted by atomic mass is 10.2. The molecule has 1 heterocycles. The Kier molecular flexibility index (Phi) is 6.64. The molecule has 0 saturated carbocycles. The minimum atomic E-state index is -0.585. The van der Waals surface area contributed by atoms with Gasteiger partial charge in [-0.15, -0.1) is 0 Å². The first-order valence-electron chi connectivity index (χ1n) is 8.43. The molecule has 0 bridgehead atoms. The quantitative estimate of drug-likeness (QED) is 0.328. The first kappa shape index (κ1) is 20.2. The van der Waals surface area contributed by atoms with Crippen molar-refractivity contribution in [1.29, 1.82) is 0 Å². The average molecular weight is 455 g/mol. The lowest BCUT2D eigenvalue weighted by Crippen LogP contribution is -2.18. The number of amides is 1. The summed E-state index contributed by atoms with van der Waals surface area (Å²) in [6.07, 6.45) is 2.49. The Balaban J connectivity index is 1.57. The van der Waals surface area contributed by atoms with Gasteiger partial charge in [-0.2, -0.15) is 5.10 Å². The largest absolute Gasteiger partial charge is 0.488 e. The molecule has 9 heteroatoms. The number of nitrogens with one attached hydrogen (secondary N) is 1. The van der Waals surface area contributed by atoms with Gasteiger partial charge in [-0.1, -0.05) is 30.3 Å². The van der Waals surface area contributed by atoms with Crippen LogP contribution in [0.2, 0.25) is 0 Å². The lowest BCUT2D eigenvalue weighted by molar-refractivity contribution is -0.385. The van der Waals surface area contributed by atoms with Crippen molar-refractivity contribution >= 4 is 33.7 Å². The van der Waals surface area contributed by atoms with E-state index in [0.717, 1.165) is 21.8 Å². The van der Waals surface area contributed by atoms with E-state index in [2.05, 4.69) is 31.4 Å². The number of nitrogens with zero attached hydrogens (tertiary/aromatic N) is 3. The Bertz CT molecular complexity index is 1040. The normalized spacial score (nSPS) is 10.7. The summed E-state index contributed by atoms with van der Waals surface area (Å²) in [5.74, 6) is 0.114. The van der Waals surface area contributed by atoms with E-state index in [-0.39, 0.29) is 11.4 Å². The van der Waals surface area contributed by atoms with Crippen LogP contribution >= 0.6 is 15.9 Å². The Hall–Kier alpha value is -3.59. The molecule has 8 nitrogen and oxygen atoms in total. The number of aromatic nitrogens is 1. The minimum Gasteiger partial charge on any atom is -0.488 e. The van der Waals surface area contributed by atoms with E-state index in [4.69, 9.17) is 4.74 Å². The van der Waals surface area contributed by atoms with Crippen LogP contribution in [0.25, 0.3) is 0 Å². The number of hydrogen-bond donors (Lipinski definition) is 1. The second-order valence-electron chi connectivity index (χ2n) is 5.82. The van der Waals surface area contributed by atoms with Gasteiger partial charge in [0.15, 0.2) is 0 Å². The summed E-state index contributed by atoms with van der Waals surface area (Å²) >= 11 is 3.46. The second-order valence-corrected chi connectivity index (χ2v) is 6.68. The number of halogens is 1. The molecule has 0 aliphatic rings. The van der Waals surface area contributed by atoms with Gasteiger partial charge in [0.2, 0.25) is 0 Å². The molecule has 146 valence electrons. The second kappa shape index (κ2) is 9.56. The molecule has 1 N–H and O–H groups in total. The number of hydrogen-bond acceptors (Lipinski definition) is 6. The maximum atomic E-state index is 12.0. The van der Waals surface area contributed by atoms with Crippen molar-refractivity contribution in [3.63, 3.8) is 0 Å². The van der Waals surface area contributed by atoms with Gasteiger partial charge < -0.3 is 4.74 Å². The van der Waals surface area contributed by atoms with Crippen LogP contribution in [0.1, 0.15) is 21.6 Å². The molecule has 3 rings (SSSR count). The van der Waals surface area contributed by atoms with Crippen LogP contribution in [0, 0.1) is 10.1 Å². The molecule has 2 aromatic carbocycles. The minimum absolute atomic E-state index is 0.0265. The smallest absolute Gasteiger partial charge is 0.289 e. The molecule has 29 heavy (non-hydrogen) atoms. The van der Waals surface area contributed by atoms with Crippen LogP contribution in [0.5, 0.6) is 5.75 Å². The first-order chi connectivity index (χ1) is 14.0. The maximum absolute atomic E-state index is 12.0. The van der Waals surface area contributed by atoms with Gasteiger partial charge in [0, 0.05) is 6.07 Å². The molecule has 1 amide bonds. The Labute approximate surface area is 174 Å². The third-order valence-electron chi connectivity index (χ3n) is 3.76.